The van der Waals surface area contributed by atoms with Gasteiger partial charge >= 0.3 is 0 Å². The Morgan fingerprint density at radius 1 is 1.56 bits per heavy atom. The van der Waals surface area contributed by atoms with Crippen molar-refractivity contribution in [3.05, 3.63) is 24.0 Å². The largest absolute Gasteiger partial charge is 0.336 e. The number of amides is 1. The van der Waals surface area contributed by atoms with Gasteiger partial charge in [0.1, 0.15) is 0 Å². The molecule has 2 rings (SSSR count). The van der Waals surface area contributed by atoms with Crippen LogP contribution in [0, 0.1) is 5.92 Å². The second kappa shape index (κ2) is 5.35. The van der Waals surface area contributed by atoms with Crippen LogP contribution < -0.4 is 11.3 Å². The molecule has 1 aliphatic rings. The molecule has 1 fully saturated rings. The fourth-order valence-electron chi connectivity index (χ4n) is 2.47. The number of nitrogens with zero attached hydrogens (tertiary/aromatic N) is 2. The summed E-state index contributed by atoms with van der Waals surface area (Å²) in [5, 5.41) is 0. The number of nitrogens with one attached hydrogen (secondary N) is 1. The zero-order chi connectivity index (χ0) is 13.1. The van der Waals surface area contributed by atoms with Gasteiger partial charge in [-0.3, -0.25) is 15.6 Å². The molecule has 1 aromatic heterocycles. The van der Waals surface area contributed by atoms with Crippen LogP contribution in [0.2, 0.25) is 0 Å². The summed E-state index contributed by atoms with van der Waals surface area (Å²) in [6.45, 7) is 5.12. The van der Waals surface area contributed by atoms with E-state index < -0.39 is 0 Å². The molecule has 1 aromatic rings. The second-order valence-electron chi connectivity index (χ2n) is 4.92. The number of hydrogen-bond donors (Lipinski definition) is 2. The molecule has 1 saturated heterocycles. The van der Waals surface area contributed by atoms with E-state index in [-0.39, 0.29) is 11.9 Å². The molecule has 1 aliphatic heterocycles. The van der Waals surface area contributed by atoms with Gasteiger partial charge in [0, 0.05) is 18.8 Å². The highest BCUT2D eigenvalue weighted by Gasteiger charge is 2.29. The highest BCUT2D eigenvalue weighted by Crippen LogP contribution is 2.26. The van der Waals surface area contributed by atoms with Crippen molar-refractivity contribution in [2.24, 2.45) is 11.8 Å². The smallest absolute Gasteiger partial charge is 0.256 e. The summed E-state index contributed by atoms with van der Waals surface area (Å²) in [5.41, 5.74) is 3.70. The van der Waals surface area contributed by atoms with E-state index in [0.717, 1.165) is 13.0 Å². The van der Waals surface area contributed by atoms with Crippen molar-refractivity contribution in [3.8, 4) is 0 Å². The number of hydrazine groups is 1. The molecule has 2 unspecified atom stereocenters. The summed E-state index contributed by atoms with van der Waals surface area (Å²) in [5.74, 6) is 5.99. The van der Waals surface area contributed by atoms with Gasteiger partial charge < -0.3 is 10.3 Å². The molecule has 0 saturated carbocycles. The van der Waals surface area contributed by atoms with Gasteiger partial charge in [0.05, 0.1) is 17.4 Å². The van der Waals surface area contributed by atoms with E-state index in [1.54, 1.807) is 18.5 Å². The van der Waals surface area contributed by atoms with Crippen molar-refractivity contribution < 1.29 is 4.79 Å². The Balaban J connectivity index is 2.25. The topological polar surface area (TPSA) is 71.2 Å². The SMILES string of the molecule is CC1CCCN(C(=O)c2ccncc2NN)C1C. The van der Waals surface area contributed by atoms with Gasteiger partial charge in [0.25, 0.3) is 5.91 Å². The molecule has 5 heteroatoms. The summed E-state index contributed by atoms with van der Waals surface area (Å²) >= 11 is 0. The third-order valence-electron chi connectivity index (χ3n) is 3.84. The first-order valence-corrected chi connectivity index (χ1v) is 6.36. The van der Waals surface area contributed by atoms with Crippen molar-refractivity contribution in [2.45, 2.75) is 32.7 Å². The first-order chi connectivity index (χ1) is 8.65. The number of carbonyl (C=O) groups is 1. The van der Waals surface area contributed by atoms with Crippen molar-refractivity contribution in [1.82, 2.24) is 9.88 Å². The van der Waals surface area contributed by atoms with Crippen LogP contribution in [0.5, 0.6) is 0 Å². The lowest BCUT2D eigenvalue weighted by molar-refractivity contribution is 0.0552. The lowest BCUT2D eigenvalue weighted by Gasteiger charge is -2.38. The molecule has 0 aromatic carbocycles. The van der Waals surface area contributed by atoms with Crippen LogP contribution >= 0.6 is 0 Å². The number of anilines is 1. The van der Waals surface area contributed by atoms with Gasteiger partial charge in [0.15, 0.2) is 0 Å². The lowest BCUT2D eigenvalue weighted by atomic mass is 9.91. The quantitative estimate of drug-likeness (QED) is 0.616. The van der Waals surface area contributed by atoms with E-state index in [2.05, 4.69) is 24.3 Å². The number of rotatable bonds is 2. The molecule has 5 nitrogen and oxygen atoms in total. The molecule has 18 heavy (non-hydrogen) atoms. The maximum atomic E-state index is 12.5. The van der Waals surface area contributed by atoms with Gasteiger partial charge in [-0.15, -0.1) is 0 Å². The zero-order valence-electron chi connectivity index (χ0n) is 10.9. The third kappa shape index (κ3) is 2.31. The van der Waals surface area contributed by atoms with Gasteiger partial charge in [-0.05, 0) is 31.7 Å². The van der Waals surface area contributed by atoms with Gasteiger partial charge in [-0.1, -0.05) is 6.92 Å². The summed E-state index contributed by atoms with van der Waals surface area (Å²) < 4.78 is 0. The minimum Gasteiger partial charge on any atom is -0.336 e. The number of hydrogen-bond acceptors (Lipinski definition) is 4. The number of aromatic nitrogens is 1. The van der Waals surface area contributed by atoms with Crippen LogP contribution in [0.1, 0.15) is 37.0 Å². The summed E-state index contributed by atoms with van der Waals surface area (Å²) in [6.07, 6.45) is 5.44. The minimum absolute atomic E-state index is 0.0319. The van der Waals surface area contributed by atoms with E-state index in [0.29, 0.717) is 17.2 Å². The Hall–Kier alpha value is -1.62. The number of likely N-dealkylation sites (tertiary alicyclic amines) is 1. The third-order valence-corrected chi connectivity index (χ3v) is 3.84. The van der Waals surface area contributed by atoms with E-state index in [9.17, 15) is 4.79 Å². The average Bonchev–Trinajstić information content (AvgIpc) is 2.41. The number of piperidine rings is 1. The maximum absolute atomic E-state index is 12.5. The molecule has 0 spiro atoms. The normalized spacial score (nSPS) is 23.8. The minimum atomic E-state index is 0.0319. The van der Waals surface area contributed by atoms with Crippen molar-refractivity contribution >= 4 is 11.6 Å². The van der Waals surface area contributed by atoms with E-state index in [1.165, 1.54) is 6.42 Å². The Morgan fingerprint density at radius 2 is 2.33 bits per heavy atom. The van der Waals surface area contributed by atoms with E-state index in [4.69, 9.17) is 5.84 Å². The van der Waals surface area contributed by atoms with Crippen LogP contribution in [0.25, 0.3) is 0 Å². The standard InChI is InChI=1S/C13H20N4O/c1-9-4-3-7-17(10(9)2)13(18)11-5-6-15-8-12(11)16-14/h5-6,8-10,16H,3-4,7,14H2,1-2H3. The summed E-state index contributed by atoms with van der Waals surface area (Å²) in [4.78, 5) is 18.4. The molecule has 3 N–H and O–H groups in total. The van der Waals surface area contributed by atoms with Gasteiger partial charge in [0.2, 0.25) is 0 Å². The first-order valence-electron chi connectivity index (χ1n) is 6.36. The van der Waals surface area contributed by atoms with Crippen LogP contribution in [-0.4, -0.2) is 28.4 Å². The predicted octanol–water partition coefficient (Wildman–Crippen LogP) is 1.63. The molecule has 2 heterocycles. The molecular weight excluding hydrogens is 228 g/mol. The first kappa shape index (κ1) is 12.8. The summed E-state index contributed by atoms with van der Waals surface area (Å²) in [6, 6.07) is 1.98. The number of nitrogen functional groups attached to an aromatic ring is 1. The van der Waals surface area contributed by atoms with Crippen molar-refractivity contribution in [2.75, 3.05) is 12.0 Å². The number of carbonyl (C=O) groups excluding carboxylic acids is 1. The fraction of sp³-hybridized carbons (Fsp3) is 0.538. The lowest BCUT2D eigenvalue weighted by Crippen LogP contribution is -2.46. The fourth-order valence-corrected chi connectivity index (χ4v) is 2.47. The van der Waals surface area contributed by atoms with Crippen LogP contribution in [0.15, 0.2) is 18.5 Å². The average molecular weight is 248 g/mol. The Kier molecular flexibility index (Phi) is 3.81. The molecule has 0 bridgehead atoms. The van der Waals surface area contributed by atoms with Crippen LogP contribution in [0.4, 0.5) is 5.69 Å². The molecule has 98 valence electrons. The highest BCUT2D eigenvalue weighted by molar-refractivity contribution is 5.99. The Bertz CT molecular complexity index is 435. The van der Waals surface area contributed by atoms with E-state index >= 15 is 0 Å². The number of pyridine rings is 1. The van der Waals surface area contributed by atoms with Gasteiger partial charge in [-0.25, -0.2) is 0 Å². The molecule has 0 aliphatic carbocycles. The molecular formula is C13H20N4O. The van der Waals surface area contributed by atoms with Crippen LogP contribution in [0.3, 0.4) is 0 Å². The highest BCUT2D eigenvalue weighted by atomic mass is 16.2. The van der Waals surface area contributed by atoms with E-state index in [1.807, 2.05) is 4.90 Å². The number of nitrogens with two attached hydrogens (primary N) is 1. The molecule has 2 atom stereocenters. The molecule has 0 radical (unpaired) electrons. The van der Waals surface area contributed by atoms with Gasteiger partial charge in [-0.2, -0.15) is 0 Å². The van der Waals surface area contributed by atoms with Crippen molar-refractivity contribution in [1.29, 1.82) is 0 Å². The Morgan fingerprint density at radius 3 is 3.06 bits per heavy atom. The zero-order valence-corrected chi connectivity index (χ0v) is 10.9. The predicted molar refractivity (Wildman–Crippen MR) is 70.9 cm³/mol. The Labute approximate surface area is 107 Å². The summed E-state index contributed by atoms with van der Waals surface area (Å²) in [7, 11) is 0. The van der Waals surface area contributed by atoms with Crippen molar-refractivity contribution in [3.63, 3.8) is 0 Å². The van der Waals surface area contributed by atoms with Crippen LogP contribution in [-0.2, 0) is 0 Å². The monoisotopic (exact) mass is 248 g/mol. The second-order valence-corrected chi connectivity index (χ2v) is 4.92. The maximum Gasteiger partial charge on any atom is 0.256 e. The molecule has 1 amide bonds.